The van der Waals surface area contributed by atoms with Crippen LogP contribution in [0.1, 0.15) is 71.8 Å². The molecule has 1 atom stereocenters. The molecular weight excluding hydrogens is 494 g/mol. The van der Waals surface area contributed by atoms with E-state index >= 15 is 0 Å². The van der Waals surface area contributed by atoms with E-state index < -0.39 is 23.7 Å². The minimum atomic E-state index is -0.868. The first-order valence-electron chi connectivity index (χ1n) is 13.0. The van der Waals surface area contributed by atoms with Crippen LogP contribution in [0.4, 0.5) is 5.69 Å². The summed E-state index contributed by atoms with van der Waals surface area (Å²) >= 11 is 0. The zero-order valence-corrected chi connectivity index (χ0v) is 22.9. The summed E-state index contributed by atoms with van der Waals surface area (Å²) in [5, 5.41) is 11.5. The number of methoxy groups -OCH3 is 1. The molecular formula is C32H33NO6. The molecule has 1 unspecified atom stereocenters. The lowest BCUT2D eigenvalue weighted by atomic mass is 9.92. The molecule has 202 valence electrons. The molecule has 7 heteroatoms. The van der Waals surface area contributed by atoms with Crippen molar-refractivity contribution < 1.29 is 29.0 Å². The molecule has 0 radical (unpaired) electrons. The molecule has 1 aliphatic heterocycles. The van der Waals surface area contributed by atoms with Crippen molar-refractivity contribution in [3.8, 4) is 5.75 Å². The van der Waals surface area contributed by atoms with Gasteiger partial charge in [-0.1, -0.05) is 50.6 Å². The SMILES string of the molecule is CCCOC(=O)c1ccc(N2C(=O)C(=O)/C(=C(\O)c3ccc(OC)c(C(C)C)c3)C2c2cccc(C)c2)cc1. The van der Waals surface area contributed by atoms with Crippen molar-refractivity contribution in [1.82, 2.24) is 0 Å². The number of aliphatic hydroxyl groups excluding tert-OH is 1. The van der Waals surface area contributed by atoms with Crippen LogP contribution in [0.5, 0.6) is 5.75 Å². The standard InChI is InChI=1S/C32H33NO6/c1-6-16-39-32(37)21-10-13-24(14-11-21)33-28(22-9-7-8-20(4)17-22)27(30(35)31(33)36)29(34)23-12-15-26(38-5)25(18-23)19(2)3/h7-15,17-19,28,34H,6,16H2,1-5H3/b29-27-. The van der Waals surface area contributed by atoms with Gasteiger partial charge in [-0.3, -0.25) is 14.5 Å². The fourth-order valence-electron chi connectivity index (χ4n) is 4.78. The Kier molecular flexibility index (Phi) is 8.19. The molecule has 3 aromatic carbocycles. The lowest BCUT2D eigenvalue weighted by molar-refractivity contribution is -0.132. The third-order valence-electron chi connectivity index (χ3n) is 6.75. The average Bonchev–Trinajstić information content (AvgIpc) is 3.20. The number of Topliss-reactive ketones (excluding diaryl/α,β-unsaturated/α-hetero) is 1. The van der Waals surface area contributed by atoms with Gasteiger partial charge in [0.1, 0.15) is 11.5 Å². The van der Waals surface area contributed by atoms with E-state index in [1.54, 1.807) is 49.6 Å². The van der Waals surface area contributed by atoms with Gasteiger partial charge in [-0.2, -0.15) is 0 Å². The molecule has 1 aliphatic rings. The second kappa shape index (κ2) is 11.6. The fraction of sp³-hybridized carbons (Fsp3) is 0.281. The highest BCUT2D eigenvalue weighted by Crippen LogP contribution is 2.43. The minimum Gasteiger partial charge on any atom is -0.507 e. The van der Waals surface area contributed by atoms with E-state index in [0.29, 0.717) is 41.2 Å². The predicted molar refractivity (Wildman–Crippen MR) is 150 cm³/mol. The maximum absolute atomic E-state index is 13.5. The van der Waals surface area contributed by atoms with Crippen LogP contribution >= 0.6 is 0 Å². The van der Waals surface area contributed by atoms with Gasteiger partial charge in [-0.15, -0.1) is 0 Å². The normalized spacial score (nSPS) is 16.6. The van der Waals surface area contributed by atoms with Crippen LogP contribution in [-0.2, 0) is 14.3 Å². The summed E-state index contributed by atoms with van der Waals surface area (Å²) in [6, 6.07) is 18.2. The molecule has 0 aliphatic carbocycles. The summed E-state index contributed by atoms with van der Waals surface area (Å²) in [5.41, 5.74) is 3.68. The number of esters is 1. The molecule has 0 saturated carbocycles. The number of aryl methyl sites for hydroxylation is 1. The van der Waals surface area contributed by atoms with Gasteiger partial charge in [-0.05, 0) is 72.9 Å². The van der Waals surface area contributed by atoms with Crippen molar-refractivity contribution in [2.24, 2.45) is 0 Å². The first kappa shape index (κ1) is 27.6. The second-order valence-corrected chi connectivity index (χ2v) is 9.88. The largest absolute Gasteiger partial charge is 0.507 e. The van der Waals surface area contributed by atoms with Crippen LogP contribution in [0.25, 0.3) is 5.76 Å². The molecule has 1 N–H and O–H groups in total. The number of anilines is 1. The van der Waals surface area contributed by atoms with Crippen LogP contribution in [-0.4, -0.2) is 36.5 Å². The van der Waals surface area contributed by atoms with E-state index in [-0.39, 0.29) is 17.3 Å². The summed E-state index contributed by atoms with van der Waals surface area (Å²) in [5.74, 6) is -1.48. The highest BCUT2D eigenvalue weighted by atomic mass is 16.5. The van der Waals surface area contributed by atoms with Gasteiger partial charge in [0.25, 0.3) is 11.7 Å². The van der Waals surface area contributed by atoms with Gasteiger partial charge < -0.3 is 14.6 Å². The molecule has 0 bridgehead atoms. The number of hydrogen-bond acceptors (Lipinski definition) is 6. The number of hydrogen-bond donors (Lipinski definition) is 1. The fourth-order valence-corrected chi connectivity index (χ4v) is 4.78. The van der Waals surface area contributed by atoms with Crippen LogP contribution in [0.3, 0.4) is 0 Å². The van der Waals surface area contributed by atoms with Gasteiger partial charge >= 0.3 is 5.97 Å². The zero-order chi connectivity index (χ0) is 28.3. The molecule has 1 fully saturated rings. The third kappa shape index (κ3) is 5.43. The van der Waals surface area contributed by atoms with E-state index in [0.717, 1.165) is 11.1 Å². The Morgan fingerprint density at radius 1 is 1.00 bits per heavy atom. The topological polar surface area (TPSA) is 93.1 Å². The number of carbonyl (C=O) groups is 3. The highest BCUT2D eigenvalue weighted by Gasteiger charge is 2.47. The summed E-state index contributed by atoms with van der Waals surface area (Å²) in [7, 11) is 1.58. The Bertz CT molecular complexity index is 1440. The Hall–Kier alpha value is -4.39. The second-order valence-electron chi connectivity index (χ2n) is 9.88. The lowest BCUT2D eigenvalue weighted by Crippen LogP contribution is -2.29. The Morgan fingerprint density at radius 3 is 2.31 bits per heavy atom. The molecule has 4 rings (SSSR count). The van der Waals surface area contributed by atoms with Crippen molar-refractivity contribution in [2.75, 3.05) is 18.6 Å². The van der Waals surface area contributed by atoms with Crippen molar-refractivity contribution in [3.63, 3.8) is 0 Å². The first-order chi connectivity index (χ1) is 18.7. The summed E-state index contributed by atoms with van der Waals surface area (Å²) in [6.45, 7) is 8.16. The van der Waals surface area contributed by atoms with Crippen molar-refractivity contribution in [3.05, 3.63) is 100 Å². The van der Waals surface area contributed by atoms with Gasteiger partial charge in [0.15, 0.2) is 0 Å². The minimum absolute atomic E-state index is 0.00287. The number of aliphatic hydroxyl groups is 1. The van der Waals surface area contributed by atoms with E-state index in [2.05, 4.69) is 0 Å². The Labute approximate surface area is 228 Å². The molecule has 1 heterocycles. The van der Waals surface area contributed by atoms with Crippen molar-refractivity contribution in [2.45, 2.75) is 46.1 Å². The number of nitrogens with zero attached hydrogens (tertiary/aromatic N) is 1. The van der Waals surface area contributed by atoms with Crippen LogP contribution in [0.15, 0.2) is 72.3 Å². The maximum Gasteiger partial charge on any atom is 0.338 e. The van der Waals surface area contributed by atoms with Crippen LogP contribution in [0.2, 0.25) is 0 Å². The van der Waals surface area contributed by atoms with Crippen LogP contribution in [0, 0.1) is 6.92 Å². The highest BCUT2D eigenvalue weighted by molar-refractivity contribution is 6.51. The lowest BCUT2D eigenvalue weighted by Gasteiger charge is -2.26. The van der Waals surface area contributed by atoms with E-state index in [1.165, 1.54) is 4.90 Å². The van der Waals surface area contributed by atoms with Crippen molar-refractivity contribution in [1.29, 1.82) is 0 Å². The van der Waals surface area contributed by atoms with Crippen molar-refractivity contribution >= 4 is 29.1 Å². The van der Waals surface area contributed by atoms with Gasteiger partial charge in [0.05, 0.1) is 30.9 Å². The van der Waals surface area contributed by atoms with E-state index in [1.807, 2.05) is 52.0 Å². The van der Waals surface area contributed by atoms with E-state index in [9.17, 15) is 19.5 Å². The molecule has 0 aromatic heterocycles. The summed E-state index contributed by atoms with van der Waals surface area (Å²) in [4.78, 5) is 40.6. The predicted octanol–water partition coefficient (Wildman–Crippen LogP) is 6.32. The third-order valence-corrected chi connectivity index (χ3v) is 6.75. The Morgan fingerprint density at radius 2 is 1.69 bits per heavy atom. The molecule has 0 spiro atoms. The number of benzene rings is 3. The Balaban J connectivity index is 1.86. The number of ether oxygens (including phenoxy) is 2. The molecule has 7 nitrogen and oxygen atoms in total. The molecule has 3 aromatic rings. The van der Waals surface area contributed by atoms with Gasteiger partial charge in [0, 0.05) is 11.3 Å². The average molecular weight is 528 g/mol. The number of carbonyl (C=O) groups excluding carboxylic acids is 3. The number of amides is 1. The zero-order valence-electron chi connectivity index (χ0n) is 22.9. The quantitative estimate of drug-likeness (QED) is 0.159. The summed E-state index contributed by atoms with van der Waals surface area (Å²) < 4.78 is 10.7. The molecule has 1 amide bonds. The van der Waals surface area contributed by atoms with Crippen LogP contribution < -0.4 is 9.64 Å². The van der Waals surface area contributed by atoms with Gasteiger partial charge in [-0.25, -0.2) is 4.79 Å². The molecule has 39 heavy (non-hydrogen) atoms. The van der Waals surface area contributed by atoms with E-state index in [4.69, 9.17) is 9.47 Å². The smallest absolute Gasteiger partial charge is 0.338 e. The summed E-state index contributed by atoms with van der Waals surface area (Å²) in [6.07, 6.45) is 0.706. The first-order valence-corrected chi connectivity index (χ1v) is 13.0. The maximum atomic E-state index is 13.5. The van der Waals surface area contributed by atoms with Gasteiger partial charge in [0.2, 0.25) is 0 Å². The molecule has 1 saturated heterocycles. The number of ketones is 1. The number of rotatable bonds is 8. The monoisotopic (exact) mass is 527 g/mol.